The number of carboxylic acid groups (broad SMARTS) is 2. The van der Waals surface area contributed by atoms with Gasteiger partial charge in [0, 0.05) is 35.8 Å². The molecule has 2 aliphatic carbocycles. The Labute approximate surface area is 332 Å². The number of rotatable bonds is 21. The fourth-order valence-electron chi connectivity index (χ4n) is 6.76. The lowest BCUT2D eigenvalue weighted by atomic mass is 9.78. The van der Waals surface area contributed by atoms with Crippen LogP contribution in [0.2, 0.25) is 0 Å². The summed E-state index contributed by atoms with van der Waals surface area (Å²) in [6.45, 7) is 10.4. The zero-order chi connectivity index (χ0) is 41.5. The second kappa shape index (κ2) is 20.8. The normalized spacial score (nSPS) is 19.9. The molecule has 0 amide bonds. The molecule has 0 radical (unpaired) electrons. The number of carboxylic acids is 2. The van der Waals surface area contributed by atoms with E-state index in [1.807, 2.05) is 44.2 Å². The molecule has 0 aromatic heterocycles. The van der Waals surface area contributed by atoms with Gasteiger partial charge in [0.25, 0.3) is 0 Å². The van der Waals surface area contributed by atoms with Crippen LogP contribution >= 0.6 is 0 Å². The van der Waals surface area contributed by atoms with Gasteiger partial charge in [-0.05, 0) is 61.1 Å². The number of benzene rings is 2. The van der Waals surface area contributed by atoms with Crippen molar-refractivity contribution in [3.05, 3.63) is 109 Å². The van der Waals surface area contributed by atoms with E-state index in [1.165, 1.54) is 0 Å². The average Bonchev–Trinajstić information content (AvgIpc) is 3.22. The molecular weight excluding hydrogens is 736 g/mol. The predicted octanol–water partition coefficient (Wildman–Crippen LogP) is 6.05. The summed E-state index contributed by atoms with van der Waals surface area (Å²) >= 11 is 0. The molecule has 0 saturated carbocycles. The third kappa shape index (κ3) is 12.5. The first-order valence-electron chi connectivity index (χ1n) is 18.8. The van der Waals surface area contributed by atoms with Crippen molar-refractivity contribution >= 4 is 35.6 Å². The molecule has 57 heavy (non-hydrogen) atoms. The van der Waals surface area contributed by atoms with Crippen LogP contribution in [0.25, 0.3) is 0 Å². The molecule has 2 aromatic rings. The molecule has 2 N–H and O–H groups in total. The van der Waals surface area contributed by atoms with Gasteiger partial charge in [0.05, 0.1) is 31.0 Å². The van der Waals surface area contributed by atoms with Gasteiger partial charge >= 0.3 is 29.8 Å². The van der Waals surface area contributed by atoms with Crippen molar-refractivity contribution in [2.75, 3.05) is 26.4 Å². The summed E-state index contributed by atoms with van der Waals surface area (Å²) in [6.07, 6.45) is 9.10. The first kappa shape index (κ1) is 43.7. The number of hydrogen-bond donors (Lipinski definition) is 2. The molecule has 2 aromatic carbocycles. The van der Waals surface area contributed by atoms with Gasteiger partial charge in [0.2, 0.25) is 0 Å². The molecule has 13 nitrogen and oxygen atoms in total. The molecule has 6 unspecified atom stereocenters. The van der Waals surface area contributed by atoms with Gasteiger partial charge in [-0.2, -0.15) is 0 Å². The van der Waals surface area contributed by atoms with Crippen LogP contribution in [0.5, 0.6) is 11.5 Å². The third-order valence-corrected chi connectivity index (χ3v) is 10.3. The summed E-state index contributed by atoms with van der Waals surface area (Å²) in [7, 11) is 0. The Balaban J connectivity index is 1.37. The summed E-state index contributed by atoms with van der Waals surface area (Å²) in [5.41, 5.74) is 1.45. The standard InChI is InChI=1S/C44H50O13/c1-5-39(46)55-25-28(23-38(45)34-11-7-8-12-35(34)41(48)49)24-53-31-19-15-29(16-20-31)44(3,4)30-17-21-32(22-18-30)54-26-33(27-56-40(47)6-2)57-43(52)37-14-10-9-13-36(37)42(50)51/h5-10,15-22,28,33-37H,1-2,11-14,23-27H2,3-4H3,(H,48,49)(H,50,51). The Hall–Kier alpha value is -5.98. The van der Waals surface area contributed by atoms with E-state index >= 15 is 0 Å². The van der Waals surface area contributed by atoms with Crippen LogP contribution in [0.3, 0.4) is 0 Å². The number of esters is 3. The number of aliphatic carboxylic acids is 2. The van der Waals surface area contributed by atoms with E-state index in [2.05, 4.69) is 13.2 Å². The molecule has 304 valence electrons. The summed E-state index contributed by atoms with van der Waals surface area (Å²) < 4.78 is 27.9. The van der Waals surface area contributed by atoms with Crippen molar-refractivity contribution < 1.29 is 62.7 Å². The monoisotopic (exact) mass is 786 g/mol. The van der Waals surface area contributed by atoms with Crippen molar-refractivity contribution in [3.8, 4) is 11.5 Å². The molecule has 0 bridgehead atoms. The minimum atomic E-state index is -1.09. The number of hydrogen-bond acceptors (Lipinski definition) is 11. The molecule has 13 heteroatoms. The highest BCUT2D eigenvalue weighted by molar-refractivity contribution is 5.87. The molecule has 0 aliphatic heterocycles. The van der Waals surface area contributed by atoms with Crippen molar-refractivity contribution in [3.63, 3.8) is 0 Å². The minimum Gasteiger partial charge on any atom is -0.493 e. The zero-order valence-corrected chi connectivity index (χ0v) is 32.2. The van der Waals surface area contributed by atoms with Crippen LogP contribution in [-0.4, -0.2) is 78.4 Å². The second-order valence-electron chi connectivity index (χ2n) is 14.5. The Bertz CT molecular complexity index is 1690. The second-order valence-corrected chi connectivity index (χ2v) is 14.5. The van der Waals surface area contributed by atoms with Gasteiger partial charge < -0.3 is 33.9 Å². The van der Waals surface area contributed by atoms with Gasteiger partial charge in [0.15, 0.2) is 6.10 Å². The van der Waals surface area contributed by atoms with Crippen LogP contribution in [-0.2, 0) is 48.4 Å². The number of carbonyl (C=O) groups excluding carboxylic acids is 4. The Morgan fingerprint density at radius 1 is 0.649 bits per heavy atom. The largest absolute Gasteiger partial charge is 0.493 e. The lowest BCUT2D eigenvalue weighted by Gasteiger charge is -2.27. The maximum Gasteiger partial charge on any atom is 0.330 e. The van der Waals surface area contributed by atoms with Crippen LogP contribution in [0.1, 0.15) is 57.1 Å². The van der Waals surface area contributed by atoms with Gasteiger partial charge in [-0.3, -0.25) is 19.2 Å². The van der Waals surface area contributed by atoms with E-state index in [0.29, 0.717) is 17.9 Å². The lowest BCUT2D eigenvalue weighted by molar-refractivity contribution is -0.167. The molecule has 0 fully saturated rings. The number of ether oxygens (including phenoxy) is 5. The van der Waals surface area contributed by atoms with E-state index in [0.717, 1.165) is 23.3 Å². The molecule has 0 saturated heterocycles. The molecule has 4 rings (SSSR count). The summed E-state index contributed by atoms with van der Waals surface area (Å²) in [4.78, 5) is 73.3. The van der Waals surface area contributed by atoms with Crippen molar-refractivity contribution in [1.82, 2.24) is 0 Å². The lowest BCUT2D eigenvalue weighted by Crippen LogP contribution is -2.37. The number of Topliss-reactive ketones (excluding diaryl/α,β-unsaturated/α-hetero) is 1. The number of ketones is 1. The molecule has 6 atom stereocenters. The SMILES string of the molecule is C=CC(=O)OCC(COc1ccc(C(C)(C)c2ccc(OCC(COC(=O)C=C)OC(=O)C3CC=CCC3C(=O)O)cc2)cc1)CC(=O)C1CC=CCC1C(=O)O. The van der Waals surface area contributed by atoms with Crippen molar-refractivity contribution in [1.29, 1.82) is 0 Å². The first-order valence-corrected chi connectivity index (χ1v) is 18.8. The highest BCUT2D eigenvalue weighted by atomic mass is 16.6. The smallest absolute Gasteiger partial charge is 0.330 e. The molecule has 0 heterocycles. The number of allylic oxidation sites excluding steroid dienone is 4. The maximum atomic E-state index is 13.2. The maximum absolute atomic E-state index is 13.2. The van der Waals surface area contributed by atoms with Crippen LogP contribution in [0, 0.1) is 29.6 Å². The van der Waals surface area contributed by atoms with E-state index in [-0.39, 0.29) is 57.9 Å². The van der Waals surface area contributed by atoms with Crippen LogP contribution in [0.15, 0.2) is 98.1 Å². The Morgan fingerprint density at radius 2 is 1.09 bits per heavy atom. The highest BCUT2D eigenvalue weighted by Gasteiger charge is 2.37. The van der Waals surface area contributed by atoms with Crippen LogP contribution in [0.4, 0.5) is 0 Å². The van der Waals surface area contributed by atoms with E-state index in [4.69, 9.17) is 23.7 Å². The summed E-state index contributed by atoms with van der Waals surface area (Å²) in [6, 6.07) is 14.8. The Morgan fingerprint density at radius 3 is 1.58 bits per heavy atom. The van der Waals surface area contributed by atoms with Gasteiger partial charge in [0.1, 0.15) is 30.5 Å². The molecule has 2 aliphatic rings. The quantitative estimate of drug-likeness (QED) is 0.0645. The fraction of sp³-hybridized carbons (Fsp3) is 0.409. The minimum absolute atomic E-state index is 0.0163. The van der Waals surface area contributed by atoms with Crippen LogP contribution < -0.4 is 9.47 Å². The molecule has 0 spiro atoms. The summed E-state index contributed by atoms with van der Waals surface area (Å²) in [5.74, 6) is -7.17. The highest BCUT2D eigenvalue weighted by Crippen LogP contribution is 2.34. The van der Waals surface area contributed by atoms with Crippen molar-refractivity contribution in [2.45, 2.75) is 57.5 Å². The van der Waals surface area contributed by atoms with Gasteiger partial charge in [-0.15, -0.1) is 0 Å². The van der Waals surface area contributed by atoms with Crippen molar-refractivity contribution in [2.24, 2.45) is 29.6 Å². The third-order valence-electron chi connectivity index (χ3n) is 10.3. The zero-order valence-electron chi connectivity index (χ0n) is 32.2. The topological polar surface area (TPSA) is 189 Å². The van der Waals surface area contributed by atoms with E-state index in [1.54, 1.807) is 42.5 Å². The average molecular weight is 787 g/mol. The predicted molar refractivity (Wildman–Crippen MR) is 207 cm³/mol. The molecular formula is C44H50O13. The van der Waals surface area contributed by atoms with Gasteiger partial charge in [-0.25, -0.2) is 9.59 Å². The van der Waals surface area contributed by atoms with E-state index in [9.17, 15) is 39.0 Å². The first-order chi connectivity index (χ1) is 27.2. The van der Waals surface area contributed by atoms with Gasteiger partial charge in [-0.1, -0.05) is 75.6 Å². The Kier molecular flexibility index (Phi) is 16.0. The fourth-order valence-corrected chi connectivity index (χ4v) is 6.76. The number of carbonyl (C=O) groups is 6. The summed E-state index contributed by atoms with van der Waals surface area (Å²) in [5, 5.41) is 19.2. The van der Waals surface area contributed by atoms with E-state index < -0.39 is 71.0 Å².